The van der Waals surface area contributed by atoms with Crippen molar-refractivity contribution in [2.75, 3.05) is 6.54 Å². The molecule has 0 bridgehead atoms. The summed E-state index contributed by atoms with van der Waals surface area (Å²) in [6.45, 7) is 4.48. The van der Waals surface area contributed by atoms with Gasteiger partial charge < -0.3 is 11.1 Å². The van der Waals surface area contributed by atoms with E-state index in [1.54, 1.807) is 18.3 Å². The number of pyridine rings is 1. The number of nitrogens with two attached hydrogens (primary N) is 1. The predicted molar refractivity (Wildman–Crippen MR) is 93.5 cm³/mol. The van der Waals surface area contributed by atoms with E-state index < -0.39 is 0 Å². The van der Waals surface area contributed by atoms with Gasteiger partial charge in [0.1, 0.15) is 12.7 Å². The van der Waals surface area contributed by atoms with E-state index in [4.69, 9.17) is 5.73 Å². The highest BCUT2D eigenvalue weighted by molar-refractivity contribution is 5.94. The number of carbonyl (C=O) groups is 1. The third kappa shape index (κ3) is 5.46. The van der Waals surface area contributed by atoms with Crippen molar-refractivity contribution in [3.63, 3.8) is 0 Å². The average Bonchev–Trinajstić information content (AvgIpc) is 3.07. The van der Waals surface area contributed by atoms with Crippen molar-refractivity contribution in [1.29, 1.82) is 0 Å². The fourth-order valence-electron chi connectivity index (χ4n) is 1.87. The van der Waals surface area contributed by atoms with Crippen molar-refractivity contribution in [1.82, 2.24) is 25.1 Å². The Hall–Kier alpha value is -1.70. The first-order valence-corrected chi connectivity index (χ1v) is 6.96. The highest BCUT2D eigenvalue weighted by Gasteiger charge is 2.21. The summed E-state index contributed by atoms with van der Waals surface area (Å²) >= 11 is 0. The number of aromatic nitrogens is 4. The van der Waals surface area contributed by atoms with Crippen LogP contribution in [0.3, 0.4) is 0 Å². The summed E-state index contributed by atoms with van der Waals surface area (Å²) in [6, 6.07) is 3.33. The molecule has 0 aromatic carbocycles. The molecule has 1 amide bonds. The van der Waals surface area contributed by atoms with Gasteiger partial charge >= 0.3 is 0 Å². The van der Waals surface area contributed by atoms with Crippen LogP contribution in [0.5, 0.6) is 0 Å². The van der Waals surface area contributed by atoms with Gasteiger partial charge in [0.05, 0.1) is 0 Å². The number of rotatable bonds is 6. The van der Waals surface area contributed by atoms with Crippen molar-refractivity contribution < 1.29 is 4.79 Å². The third-order valence-electron chi connectivity index (χ3n) is 3.67. The van der Waals surface area contributed by atoms with Gasteiger partial charge in [-0.25, -0.2) is 14.6 Å². The molecule has 0 unspecified atom stereocenters. The second-order valence-electron chi connectivity index (χ2n) is 4.99. The molecule has 128 valence electrons. The number of halogens is 2. The van der Waals surface area contributed by atoms with Crippen LogP contribution in [-0.4, -0.2) is 37.7 Å². The Balaban J connectivity index is 0.00000242. The standard InChI is InChI=1S/C14H20N6O.2ClH/c1-3-14(15,4-2)8-18-13(21)11-5-6-17-12(7-11)20-10-16-9-19-20;;/h5-7,9-10H,3-4,8,15H2,1-2H3,(H,18,21);2*1H. The maximum absolute atomic E-state index is 12.2. The molecule has 7 nitrogen and oxygen atoms in total. The molecule has 0 spiro atoms. The molecule has 0 aliphatic rings. The summed E-state index contributed by atoms with van der Waals surface area (Å²) < 4.78 is 1.50. The Bertz CT molecular complexity index is 601. The first-order chi connectivity index (χ1) is 10.1. The number of amides is 1. The van der Waals surface area contributed by atoms with E-state index in [1.165, 1.54) is 17.3 Å². The van der Waals surface area contributed by atoms with Crippen molar-refractivity contribution in [2.24, 2.45) is 5.73 Å². The molecular weight excluding hydrogens is 339 g/mol. The van der Waals surface area contributed by atoms with Gasteiger partial charge in [-0.05, 0) is 25.0 Å². The van der Waals surface area contributed by atoms with Crippen LogP contribution in [-0.2, 0) is 0 Å². The van der Waals surface area contributed by atoms with Crippen LogP contribution in [0.2, 0.25) is 0 Å². The molecule has 2 aromatic heterocycles. The quantitative estimate of drug-likeness (QED) is 0.817. The Kier molecular flexibility index (Phi) is 8.74. The Labute approximate surface area is 147 Å². The van der Waals surface area contributed by atoms with Gasteiger partial charge in [-0.1, -0.05) is 13.8 Å². The third-order valence-corrected chi connectivity index (χ3v) is 3.67. The van der Waals surface area contributed by atoms with E-state index in [2.05, 4.69) is 20.4 Å². The normalized spacial score (nSPS) is 10.4. The summed E-state index contributed by atoms with van der Waals surface area (Å²) in [5.74, 6) is 0.376. The molecule has 0 aliphatic heterocycles. The van der Waals surface area contributed by atoms with E-state index in [0.717, 1.165) is 12.8 Å². The molecule has 9 heteroatoms. The van der Waals surface area contributed by atoms with Crippen molar-refractivity contribution in [3.8, 4) is 5.82 Å². The van der Waals surface area contributed by atoms with Gasteiger partial charge in [-0.15, -0.1) is 24.8 Å². The van der Waals surface area contributed by atoms with Crippen LogP contribution in [0, 0.1) is 0 Å². The lowest BCUT2D eigenvalue weighted by atomic mass is 9.94. The van der Waals surface area contributed by atoms with Gasteiger partial charge in [-0.2, -0.15) is 5.10 Å². The topological polar surface area (TPSA) is 98.7 Å². The fraction of sp³-hybridized carbons (Fsp3) is 0.429. The first kappa shape index (κ1) is 21.3. The molecule has 0 fully saturated rings. The minimum atomic E-state index is -0.364. The SMILES string of the molecule is CCC(N)(CC)CNC(=O)c1ccnc(-n2cncn2)c1.Cl.Cl. The summed E-state index contributed by atoms with van der Waals surface area (Å²) in [6.07, 6.45) is 6.14. The zero-order chi connectivity index (χ0) is 15.3. The van der Waals surface area contributed by atoms with Crippen molar-refractivity contribution in [3.05, 3.63) is 36.5 Å². The largest absolute Gasteiger partial charge is 0.350 e. The first-order valence-electron chi connectivity index (χ1n) is 6.96. The second kappa shape index (κ2) is 9.44. The monoisotopic (exact) mass is 360 g/mol. The van der Waals surface area contributed by atoms with Gasteiger partial charge in [-0.3, -0.25) is 4.79 Å². The minimum Gasteiger partial charge on any atom is -0.350 e. The summed E-state index contributed by atoms with van der Waals surface area (Å²) in [7, 11) is 0. The lowest BCUT2D eigenvalue weighted by Gasteiger charge is -2.26. The number of hydrogen-bond acceptors (Lipinski definition) is 5. The van der Waals surface area contributed by atoms with Crippen LogP contribution in [0.25, 0.3) is 5.82 Å². The van der Waals surface area contributed by atoms with E-state index in [1.807, 2.05) is 13.8 Å². The lowest BCUT2D eigenvalue weighted by Crippen LogP contribution is -2.49. The molecule has 0 atom stereocenters. The molecule has 2 rings (SSSR count). The molecule has 0 aliphatic carbocycles. The predicted octanol–water partition coefficient (Wildman–Crippen LogP) is 1.75. The molecule has 0 radical (unpaired) electrons. The molecule has 0 saturated heterocycles. The number of nitrogens with one attached hydrogen (secondary N) is 1. The highest BCUT2D eigenvalue weighted by atomic mass is 35.5. The van der Waals surface area contributed by atoms with E-state index >= 15 is 0 Å². The second-order valence-corrected chi connectivity index (χ2v) is 4.99. The molecular formula is C14H22Cl2N6O. The number of hydrogen-bond donors (Lipinski definition) is 2. The molecule has 2 heterocycles. The molecule has 3 N–H and O–H groups in total. The van der Waals surface area contributed by atoms with Gasteiger partial charge in [0.25, 0.3) is 5.91 Å². The Morgan fingerprint density at radius 1 is 1.35 bits per heavy atom. The average molecular weight is 361 g/mol. The zero-order valence-corrected chi connectivity index (χ0v) is 14.7. The van der Waals surface area contributed by atoms with Crippen LogP contribution in [0.4, 0.5) is 0 Å². The van der Waals surface area contributed by atoms with Gasteiger partial charge in [0, 0.05) is 23.8 Å². The summed E-state index contributed by atoms with van der Waals surface area (Å²) in [4.78, 5) is 20.2. The maximum Gasteiger partial charge on any atom is 0.251 e. The maximum atomic E-state index is 12.2. The van der Waals surface area contributed by atoms with Crippen molar-refractivity contribution >= 4 is 30.7 Å². The molecule has 2 aromatic rings. The van der Waals surface area contributed by atoms with Crippen LogP contribution in [0.15, 0.2) is 31.0 Å². The van der Waals surface area contributed by atoms with E-state index in [9.17, 15) is 4.79 Å². The lowest BCUT2D eigenvalue weighted by molar-refractivity contribution is 0.0942. The van der Waals surface area contributed by atoms with Crippen molar-refractivity contribution in [2.45, 2.75) is 32.2 Å². The Morgan fingerprint density at radius 2 is 2.04 bits per heavy atom. The zero-order valence-electron chi connectivity index (χ0n) is 13.1. The molecule has 23 heavy (non-hydrogen) atoms. The molecule has 0 saturated carbocycles. The fourth-order valence-corrected chi connectivity index (χ4v) is 1.87. The van der Waals surface area contributed by atoms with E-state index in [0.29, 0.717) is 17.9 Å². The van der Waals surface area contributed by atoms with Gasteiger partial charge in [0.2, 0.25) is 0 Å². The van der Waals surface area contributed by atoms with Crippen LogP contribution >= 0.6 is 24.8 Å². The van der Waals surface area contributed by atoms with Crippen LogP contribution < -0.4 is 11.1 Å². The highest BCUT2D eigenvalue weighted by Crippen LogP contribution is 2.10. The van der Waals surface area contributed by atoms with Crippen LogP contribution in [0.1, 0.15) is 37.0 Å². The van der Waals surface area contributed by atoms with E-state index in [-0.39, 0.29) is 36.3 Å². The summed E-state index contributed by atoms with van der Waals surface area (Å²) in [5, 5.41) is 6.87. The number of nitrogens with zero attached hydrogens (tertiary/aromatic N) is 4. The number of carbonyl (C=O) groups excluding carboxylic acids is 1. The summed E-state index contributed by atoms with van der Waals surface area (Å²) in [5.41, 5.74) is 6.34. The minimum absolute atomic E-state index is 0. The van der Waals surface area contributed by atoms with Gasteiger partial charge in [0.15, 0.2) is 5.82 Å². The Morgan fingerprint density at radius 3 is 2.61 bits per heavy atom. The smallest absolute Gasteiger partial charge is 0.251 e.